The van der Waals surface area contributed by atoms with E-state index in [1.165, 1.54) is 6.07 Å². The number of hydrogen-bond donors (Lipinski definition) is 1. The van der Waals surface area contributed by atoms with E-state index in [0.29, 0.717) is 16.5 Å². The van der Waals surface area contributed by atoms with Crippen LogP contribution in [0.5, 0.6) is 0 Å². The van der Waals surface area contributed by atoms with Crippen molar-refractivity contribution in [2.24, 2.45) is 7.05 Å². The van der Waals surface area contributed by atoms with Gasteiger partial charge in [-0.15, -0.1) is 0 Å². The van der Waals surface area contributed by atoms with Gasteiger partial charge in [0.05, 0.1) is 12.8 Å². The van der Waals surface area contributed by atoms with Crippen LogP contribution in [0.1, 0.15) is 16.7 Å². The second kappa shape index (κ2) is 7.82. The molecule has 0 radical (unpaired) electrons. The third-order valence-corrected chi connectivity index (χ3v) is 4.03. The van der Waals surface area contributed by atoms with Gasteiger partial charge in [-0.1, -0.05) is 12.1 Å². The molecular formula is C20H18NO6+. The van der Waals surface area contributed by atoms with Crippen molar-refractivity contribution in [1.82, 2.24) is 0 Å². The van der Waals surface area contributed by atoms with Crippen LogP contribution in [0.3, 0.4) is 0 Å². The second-order valence-electron chi connectivity index (χ2n) is 6.20. The van der Waals surface area contributed by atoms with Crippen molar-refractivity contribution >= 4 is 22.9 Å². The van der Waals surface area contributed by atoms with Crippen molar-refractivity contribution in [3.05, 3.63) is 75.9 Å². The Morgan fingerprint density at radius 2 is 1.81 bits per heavy atom. The molecule has 3 aromatic rings. The van der Waals surface area contributed by atoms with E-state index in [0.717, 1.165) is 5.56 Å². The van der Waals surface area contributed by atoms with Crippen LogP contribution < -0.4 is 10.2 Å². The van der Waals surface area contributed by atoms with Gasteiger partial charge < -0.3 is 14.3 Å². The van der Waals surface area contributed by atoms with Gasteiger partial charge in [0.15, 0.2) is 12.4 Å². The highest BCUT2D eigenvalue weighted by atomic mass is 16.5. The number of nitrogens with zero attached hydrogens (tertiary/aromatic N) is 1. The van der Waals surface area contributed by atoms with Crippen molar-refractivity contribution in [2.75, 3.05) is 0 Å². The van der Waals surface area contributed by atoms with Crippen LogP contribution in [-0.4, -0.2) is 17.0 Å². The van der Waals surface area contributed by atoms with Crippen LogP contribution in [0.15, 0.2) is 58.0 Å². The SMILES string of the molecule is C[n+]1ccc(COC(=O)Cc2ccc3c(CC(=O)O)cc(=O)oc3c2)cc1. The van der Waals surface area contributed by atoms with E-state index in [1.807, 2.05) is 36.1 Å². The van der Waals surface area contributed by atoms with E-state index in [4.69, 9.17) is 14.3 Å². The van der Waals surface area contributed by atoms with Crippen molar-refractivity contribution in [3.63, 3.8) is 0 Å². The summed E-state index contributed by atoms with van der Waals surface area (Å²) >= 11 is 0. The molecule has 0 aliphatic heterocycles. The molecule has 0 aliphatic carbocycles. The Morgan fingerprint density at radius 1 is 1.07 bits per heavy atom. The summed E-state index contributed by atoms with van der Waals surface area (Å²) in [6, 6.07) is 9.80. The minimum Gasteiger partial charge on any atom is -0.481 e. The molecule has 1 aromatic carbocycles. The first-order chi connectivity index (χ1) is 12.9. The first kappa shape index (κ1) is 18.3. The molecule has 0 unspecified atom stereocenters. The summed E-state index contributed by atoms with van der Waals surface area (Å²) in [6.45, 7) is 0.172. The first-order valence-corrected chi connectivity index (χ1v) is 8.28. The monoisotopic (exact) mass is 368 g/mol. The zero-order valence-corrected chi connectivity index (χ0v) is 14.7. The molecule has 0 atom stereocenters. The van der Waals surface area contributed by atoms with Crippen molar-refractivity contribution < 1.29 is 28.4 Å². The fourth-order valence-corrected chi connectivity index (χ4v) is 2.70. The molecule has 0 amide bonds. The number of carboxylic acid groups (broad SMARTS) is 1. The highest BCUT2D eigenvalue weighted by Gasteiger charge is 2.12. The molecule has 1 N–H and O–H groups in total. The predicted octanol–water partition coefficient (Wildman–Crippen LogP) is 1.53. The van der Waals surface area contributed by atoms with E-state index in [9.17, 15) is 14.4 Å². The number of pyridine rings is 1. The van der Waals surface area contributed by atoms with E-state index < -0.39 is 17.6 Å². The van der Waals surface area contributed by atoms with Crippen LogP contribution >= 0.6 is 0 Å². The molecule has 138 valence electrons. The van der Waals surface area contributed by atoms with Crippen LogP contribution in [0.2, 0.25) is 0 Å². The standard InChI is InChI=1S/C20H17NO6/c1-21-6-4-13(5-7-21)12-26-19(24)9-14-2-3-16-15(10-18(22)23)11-20(25)27-17(16)8-14/h2-8,11H,9-10,12H2,1H3/p+1. The van der Waals surface area contributed by atoms with Crippen LogP contribution in [-0.2, 0) is 40.8 Å². The minimum absolute atomic E-state index is 0.0173. The highest BCUT2D eigenvalue weighted by Crippen LogP contribution is 2.20. The topological polar surface area (TPSA) is 97.7 Å². The van der Waals surface area contributed by atoms with E-state index in [1.54, 1.807) is 18.2 Å². The Balaban J connectivity index is 1.73. The van der Waals surface area contributed by atoms with Crippen molar-refractivity contribution in [1.29, 1.82) is 0 Å². The fraction of sp³-hybridized carbons (Fsp3) is 0.200. The molecule has 2 heterocycles. The average molecular weight is 368 g/mol. The molecule has 2 aromatic heterocycles. The van der Waals surface area contributed by atoms with Gasteiger partial charge in [0.25, 0.3) is 0 Å². The molecule has 0 spiro atoms. The van der Waals surface area contributed by atoms with Gasteiger partial charge in [-0.05, 0) is 17.2 Å². The number of hydrogen-bond acceptors (Lipinski definition) is 5. The Labute approximate surface area is 154 Å². The number of carboxylic acids is 1. The minimum atomic E-state index is -1.04. The molecular weight excluding hydrogens is 350 g/mol. The number of aliphatic carboxylic acids is 1. The third kappa shape index (κ3) is 4.78. The molecule has 0 saturated carbocycles. The molecule has 0 fully saturated rings. The number of carbonyl (C=O) groups is 2. The van der Waals surface area contributed by atoms with Gasteiger partial charge in [-0.25, -0.2) is 9.36 Å². The van der Waals surface area contributed by atoms with E-state index in [2.05, 4.69) is 0 Å². The second-order valence-corrected chi connectivity index (χ2v) is 6.20. The van der Waals surface area contributed by atoms with Crippen LogP contribution in [0.4, 0.5) is 0 Å². The number of aryl methyl sites for hydroxylation is 1. The highest BCUT2D eigenvalue weighted by molar-refractivity contribution is 5.85. The lowest BCUT2D eigenvalue weighted by atomic mass is 10.0. The summed E-state index contributed by atoms with van der Waals surface area (Å²) in [7, 11) is 1.90. The summed E-state index contributed by atoms with van der Waals surface area (Å²) in [5.74, 6) is -1.45. The van der Waals surface area contributed by atoms with E-state index >= 15 is 0 Å². The molecule has 0 aliphatic rings. The zero-order valence-electron chi connectivity index (χ0n) is 14.7. The zero-order chi connectivity index (χ0) is 19.4. The number of benzene rings is 1. The smallest absolute Gasteiger partial charge is 0.336 e. The van der Waals surface area contributed by atoms with Crippen molar-refractivity contribution in [2.45, 2.75) is 19.4 Å². The Bertz CT molecular complexity index is 1050. The molecule has 3 rings (SSSR count). The lowest BCUT2D eigenvalue weighted by molar-refractivity contribution is -0.671. The summed E-state index contributed by atoms with van der Waals surface area (Å²) in [4.78, 5) is 34.7. The van der Waals surface area contributed by atoms with Gasteiger partial charge in [0.1, 0.15) is 19.2 Å². The summed E-state index contributed by atoms with van der Waals surface area (Å²) in [5, 5.41) is 9.50. The molecule has 0 bridgehead atoms. The quantitative estimate of drug-likeness (QED) is 0.403. The van der Waals surface area contributed by atoms with Gasteiger partial charge >= 0.3 is 17.6 Å². The maximum Gasteiger partial charge on any atom is 0.336 e. The van der Waals surface area contributed by atoms with Crippen molar-refractivity contribution in [3.8, 4) is 0 Å². The molecule has 7 heteroatoms. The third-order valence-electron chi connectivity index (χ3n) is 4.03. The Kier molecular flexibility index (Phi) is 5.30. The fourth-order valence-electron chi connectivity index (χ4n) is 2.70. The normalized spacial score (nSPS) is 10.7. The molecule has 7 nitrogen and oxygen atoms in total. The average Bonchev–Trinajstić information content (AvgIpc) is 2.60. The number of aromatic nitrogens is 1. The first-order valence-electron chi connectivity index (χ1n) is 8.28. The summed E-state index contributed by atoms with van der Waals surface area (Å²) < 4.78 is 12.3. The molecule has 27 heavy (non-hydrogen) atoms. The number of ether oxygens (including phenoxy) is 1. The van der Waals surface area contributed by atoms with Gasteiger partial charge in [0.2, 0.25) is 0 Å². The maximum absolute atomic E-state index is 12.1. The number of fused-ring (bicyclic) bond motifs is 1. The van der Waals surface area contributed by atoms with Crippen LogP contribution in [0.25, 0.3) is 11.0 Å². The van der Waals surface area contributed by atoms with Gasteiger partial charge in [0, 0.05) is 29.1 Å². The maximum atomic E-state index is 12.1. The Morgan fingerprint density at radius 3 is 2.52 bits per heavy atom. The van der Waals surface area contributed by atoms with Gasteiger partial charge in [-0.2, -0.15) is 0 Å². The molecule has 0 saturated heterocycles. The lowest BCUT2D eigenvalue weighted by Crippen LogP contribution is -2.26. The Hall–Kier alpha value is -3.48. The van der Waals surface area contributed by atoms with Gasteiger partial charge in [-0.3, -0.25) is 9.59 Å². The van der Waals surface area contributed by atoms with Crippen LogP contribution in [0, 0.1) is 0 Å². The summed E-state index contributed by atoms with van der Waals surface area (Å²) in [6.07, 6.45) is 3.47. The predicted molar refractivity (Wildman–Crippen MR) is 94.9 cm³/mol. The number of esters is 1. The van der Waals surface area contributed by atoms with E-state index in [-0.39, 0.29) is 25.0 Å². The lowest BCUT2D eigenvalue weighted by Gasteiger charge is -2.07. The number of carbonyl (C=O) groups excluding carboxylic acids is 1. The largest absolute Gasteiger partial charge is 0.481 e. The number of rotatable bonds is 6. The summed E-state index contributed by atoms with van der Waals surface area (Å²) in [5.41, 5.74) is 1.49.